The van der Waals surface area contributed by atoms with Crippen molar-refractivity contribution in [2.75, 3.05) is 0 Å². The van der Waals surface area contributed by atoms with Crippen LogP contribution in [0.3, 0.4) is 0 Å². The molecule has 0 aliphatic carbocycles. The Morgan fingerprint density at radius 3 is 2.04 bits per heavy atom. The summed E-state index contributed by atoms with van der Waals surface area (Å²) in [5.74, 6) is 0. The Bertz CT molecular complexity index is 1280. The number of para-hydroxylation sites is 1. The third-order valence-electron chi connectivity index (χ3n) is 5.02. The molecule has 4 nitrogen and oxygen atoms in total. The molecule has 0 fully saturated rings. The molecule has 3 aromatic carbocycles. The lowest BCUT2D eigenvalue weighted by atomic mass is 9.77. The van der Waals surface area contributed by atoms with Gasteiger partial charge >= 0.3 is 7.12 Å². The van der Waals surface area contributed by atoms with Gasteiger partial charge in [-0.3, -0.25) is 4.98 Å². The van der Waals surface area contributed by atoms with Crippen LogP contribution >= 0.6 is 0 Å². The molecule has 0 radical (unpaired) electrons. The standard InChI is InChI=1S/C23H16BNO3/c26-24(27)21-14-18(13-20-19-3-1-2-4-22(19)28-23(20)21)16-7-5-15(6-8-16)17-9-11-25-12-10-17/h1-14,26-27H. The molecule has 2 N–H and O–H groups in total. The van der Waals surface area contributed by atoms with Gasteiger partial charge in [-0.25, -0.2) is 0 Å². The van der Waals surface area contributed by atoms with Gasteiger partial charge in [-0.1, -0.05) is 48.5 Å². The summed E-state index contributed by atoms with van der Waals surface area (Å²) in [5, 5.41) is 21.6. The van der Waals surface area contributed by atoms with Gasteiger partial charge in [0.15, 0.2) is 0 Å². The van der Waals surface area contributed by atoms with Gasteiger partial charge in [-0.2, -0.15) is 0 Å². The highest BCUT2D eigenvalue weighted by Gasteiger charge is 2.21. The Balaban J connectivity index is 1.67. The molecule has 0 saturated heterocycles. The summed E-state index contributed by atoms with van der Waals surface area (Å²) in [6.45, 7) is 0. The Labute approximate surface area is 161 Å². The second-order valence-corrected chi connectivity index (χ2v) is 6.73. The van der Waals surface area contributed by atoms with Crippen LogP contribution in [0.5, 0.6) is 0 Å². The van der Waals surface area contributed by atoms with Crippen LogP contribution < -0.4 is 5.46 Å². The largest absolute Gasteiger partial charge is 0.492 e. The van der Waals surface area contributed by atoms with Gasteiger partial charge in [-0.05, 0) is 46.5 Å². The summed E-state index contributed by atoms with van der Waals surface area (Å²) in [7, 11) is -1.61. The van der Waals surface area contributed by atoms with E-state index in [1.54, 1.807) is 18.5 Å². The molecule has 2 aromatic heterocycles. The molecule has 0 amide bonds. The summed E-state index contributed by atoms with van der Waals surface area (Å²) < 4.78 is 5.89. The van der Waals surface area contributed by atoms with Gasteiger partial charge in [0.05, 0.1) is 0 Å². The van der Waals surface area contributed by atoms with Crippen molar-refractivity contribution in [1.82, 2.24) is 4.98 Å². The quantitative estimate of drug-likeness (QED) is 0.475. The number of benzene rings is 3. The topological polar surface area (TPSA) is 66.5 Å². The van der Waals surface area contributed by atoms with Gasteiger partial charge in [-0.15, -0.1) is 0 Å². The molecular weight excluding hydrogens is 349 g/mol. The summed E-state index contributed by atoms with van der Waals surface area (Å²) in [4.78, 5) is 4.05. The molecule has 2 heterocycles. The number of rotatable bonds is 3. The normalized spacial score (nSPS) is 11.2. The molecule has 0 bridgehead atoms. The average molecular weight is 365 g/mol. The monoisotopic (exact) mass is 365 g/mol. The molecule has 0 aliphatic rings. The minimum absolute atomic E-state index is 0.363. The van der Waals surface area contributed by atoms with Crippen molar-refractivity contribution in [1.29, 1.82) is 0 Å². The maximum Gasteiger partial charge on any atom is 0.492 e. The van der Waals surface area contributed by atoms with Crippen molar-refractivity contribution < 1.29 is 14.5 Å². The van der Waals surface area contributed by atoms with Gasteiger partial charge in [0, 0.05) is 28.6 Å². The van der Waals surface area contributed by atoms with E-state index in [0.29, 0.717) is 11.0 Å². The number of hydrogen-bond donors (Lipinski definition) is 2. The first-order valence-electron chi connectivity index (χ1n) is 9.03. The van der Waals surface area contributed by atoms with E-state index in [4.69, 9.17) is 4.42 Å². The lowest BCUT2D eigenvalue weighted by molar-refractivity contribution is 0.425. The maximum atomic E-state index is 9.90. The third-order valence-corrected chi connectivity index (χ3v) is 5.02. The van der Waals surface area contributed by atoms with Crippen LogP contribution in [-0.2, 0) is 0 Å². The van der Waals surface area contributed by atoms with Crippen LogP contribution in [0.1, 0.15) is 0 Å². The molecule has 5 rings (SSSR count). The maximum absolute atomic E-state index is 9.90. The first-order valence-corrected chi connectivity index (χ1v) is 9.03. The fourth-order valence-electron chi connectivity index (χ4n) is 3.61. The second kappa shape index (κ2) is 6.64. The Morgan fingerprint density at radius 2 is 1.32 bits per heavy atom. The van der Waals surface area contributed by atoms with Crippen LogP contribution in [0, 0.1) is 0 Å². The Kier molecular flexibility index (Phi) is 3.97. The molecule has 0 spiro atoms. The lowest BCUT2D eigenvalue weighted by Crippen LogP contribution is -2.30. The SMILES string of the molecule is OB(O)c1cc(-c2ccc(-c3ccncc3)cc2)cc2c1oc1ccccc12. The van der Waals surface area contributed by atoms with Gasteiger partial charge in [0.25, 0.3) is 0 Å². The van der Waals surface area contributed by atoms with Crippen LogP contribution in [0.4, 0.5) is 0 Å². The van der Waals surface area contributed by atoms with Crippen LogP contribution in [-0.4, -0.2) is 22.2 Å². The predicted molar refractivity (Wildman–Crippen MR) is 112 cm³/mol. The number of hydrogen-bond acceptors (Lipinski definition) is 4. The molecule has 0 unspecified atom stereocenters. The average Bonchev–Trinajstić information content (AvgIpc) is 3.12. The van der Waals surface area contributed by atoms with E-state index in [9.17, 15) is 10.0 Å². The number of pyridine rings is 1. The zero-order chi connectivity index (χ0) is 19.1. The van der Waals surface area contributed by atoms with E-state index in [2.05, 4.69) is 17.1 Å². The number of furan rings is 1. The molecule has 0 saturated carbocycles. The fourth-order valence-corrected chi connectivity index (χ4v) is 3.61. The summed E-state index contributed by atoms with van der Waals surface area (Å²) >= 11 is 0. The van der Waals surface area contributed by atoms with Gasteiger partial charge in [0.1, 0.15) is 11.2 Å². The first kappa shape index (κ1) is 16.7. The summed E-state index contributed by atoms with van der Waals surface area (Å²) in [6, 6.07) is 23.6. The summed E-state index contributed by atoms with van der Waals surface area (Å²) in [6.07, 6.45) is 3.55. The van der Waals surface area contributed by atoms with E-state index < -0.39 is 7.12 Å². The van der Waals surface area contributed by atoms with Crippen molar-refractivity contribution in [2.45, 2.75) is 0 Å². The molecule has 134 valence electrons. The zero-order valence-electron chi connectivity index (χ0n) is 14.9. The third kappa shape index (κ3) is 2.78. The van der Waals surface area contributed by atoms with Crippen LogP contribution in [0.2, 0.25) is 0 Å². The minimum Gasteiger partial charge on any atom is -0.456 e. The second-order valence-electron chi connectivity index (χ2n) is 6.73. The van der Waals surface area contributed by atoms with E-state index in [1.807, 2.05) is 54.6 Å². The minimum atomic E-state index is -1.61. The molecule has 5 aromatic rings. The zero-order valence-corrected chi connectivity index (χ0v) is 14.9. The highest BCUT2D eigenvalue weighted by atomic mass is 16.4. The van der Waals surface area contributed by atoms with E-state index >= 15 is 0 Å². The Hall–Kier alpha value is -3.41. The fraction of sp³-hybridized carbons (Fsp3) is 0. The molecule has 0 aliphatic heterocycles. The molecule has 5 heteroatoms. The Morgan fingerprint density at radius 1 is 0.679 bits per heavy atom. The van der Waals surface area contributed by atoms with Crippen molar-refractivity contribution in [3.8, 4) is 22.3 Å². The highest BCUT2D eigenvalue weighted by molar-refractivity contribution is 6.62. The first-order chi connectivity index (χ1) is 13.7. The molecule has 28 heavy (non-hydrogen) atoms. The van der Waals surface area contributed by atoms with E-state index in [-0.39, 0.29) is 0 Å². The smallest absolute Gasteiger partial charge is 0.456 e. The van der Waals surface area contributed by atoms with Gasteiger partial charge in [0.2, 0.25) is 0 Å². The van der Waals surface area contributed by atoms with Crippen molar-refractivity contribution in [3.63, 3.8) is 0 Å². The van der Waals surface area contributed by atoms with Crippen LogP contribution in [0.25, 0.3) is 44.2 Å². The molecule has 0 atom stereocenters. The van der Waals surface area contributed by atoms with Gasteiger partial charge < -0.3 is 14.5 Å². The van der Waals surface area contributed by atoms with Crippen molar-refractivity contribution >= 4 is 34.5 Å². The van der Waals surface area contributed by atoms with E-state index in [1.165, 1.54) is 0 Å². The van der Waals surface area contributed by atoms with E-state index in [0.717, 1.165) is 38.6 Å². The van der Waals surface area contributed by atoms with Crippen molar-refractivity contribution in [2.24, 2.45) is 0 Å². The summed E-state index contributed by atoms with van der Waals surface area (Å²) in [5.41, 5.74) is 5.70. The van der Waals surface area contributed by atoms with Crippen molar-refractivity contribution in [3.05, 3.63) is 85.2 Å². The highest BCUT2D eigenvalue weighted by Crippen LogP contribution is 2.32. The lowest BCUT2D eigenvalue weighted by Gasteiger charge is -2.08. The van der Waals surface area contributed by atoms with Crippen LogP contribution in [0.15, 0.2) is 89.6 Å². The number of aromatic nitrogens is 1. The number of nitrogens with zero attached hydrogens (tertiary/aromatic N) is 1. The number of fused-ring (bicyclic) bond motifs is 3. The predicted octanol–water partition coefficient (Wildman–Crippen LogP) is 3.99. The molecular formula is C23H16BNO3.